The highest BCUT2D eigenvalue weighted by Gasteiger charge is 2.31. The Hall–Kier alpha value is -0.340. The fourth-order valence-electron chi connectivity index (χ4n) is 3.08. The Morgan fingerprint density at radius 3 is 2.75 bits per heavy atom. The summed E-state index contributed by atoms with van der Waals surface area (Å²) in [5.74, 6) is 1.53. The van der Waals surface area contributed by atoms with Crippen LogP contribution in [0.5, 0.6) is 0 Å². The second-order valence-electron chi connectivity index (χ2n) is 5.70. The normalized spacial score (nSPS) is 41.2. The maximum Gasteiger partial charge on any atom is 0.0107 e. The molecule has 2 rings (SSSR count). The van der Waals surface area contributed by atoms with Crippen molar-refractivity contribution in [2.45, 2.75) is 51.6 Å². The van der Waals surface area contributed by atoms with E-state index in [-0.39, 0.29) is 0 Å². The highest BCUT2D eigenvalue weighted by molar-refractivity contribution is 4.93. The number of nitrogens with two attached hydrogens (primary N) is 1. The van der Waals surface area contributed by atoms with Crippen LogP contribution in [0.3, 0.4) is 0 Å². The molecule has 0 aromatic rings. The molecule has 4 atom stereocenters. The van der Waals surface area contributed by atoms with Crippen LogP contribution < -0.4 is 5.73 Å². The molecular formula is C14H26N2. The van der Waals surface area contributed by atoms with Crippen LogP contribution >= 0.6 is 0 Å². The molecule has 4 unspecified atom stereocenters. The van der Waals surface area contributed by atoms with Gasteiger partial charge >= 0.3 is 0 Å². The number of nitrogens with zero attached hydrogens (tertiary/aromatic N) is 1. The second kappa shape index (κ2) is 5.33. The molecule has 1 aliphatic carbocycles. The Morgan fingerprint density at radius 1 is 1.25 bits per heavy atom. The molecule has 0 spiro atoms. The van der Waals surface area contributed by atoms with Gasteiger partial charge in [-0.3, -0.25) is 4.90 Å². The van der Waals surface area contributed by atoms with Crippen molar-refractivity contribution in [2.75, 3.05) is 13.1 Å². The summed E-state index contributed by atoms with van der Waals surface area (Å²) < 4.78 is 0. The summed E-state index contributed by atoms with van der Waals surface area (Å²) in [7, 11) is 0. The van der Waals surface area contributed by atoms with Gasteiger partial charge in [-0.25, -0.2) is 0 Å². The summed E-state index contributed by atoms with van der Waals surface area (Å²) in [5, 5.41) is 0. The van der Waals surface area contributed by atoms with E-state index in [2.05, 4.69) is 30.9 Å². The zero-order valence-corrected chi connectivity index (χ0v) is 10.7. The van der Waals surface area contributed by atoms with Crippen molar-refractivity contribution in [2.24, 2.45) is 17.6 Å². The van der Waals surface area contributed by atoms with Gasteiger partial charge < -0.3 is 5.73 Å². The van der Waals surface area contributed by atoms with E-state index in [0.717, 1.165) is 5.92 Å². The molecule has 1 saturated heterocycles. The van der Waals surface area contributed by atoms with Crippen LogP contribution in [0, 0.1) is 11.8 Å². The minimum absolute atomic E-state index is 0.414. The maximum absolute atomic E-state index is 6.13. The quantitative estimate of drug-likeness (QED) is 0.727. The first kappa shape index (κ1) is 12.1. The van der Waals surface area contributed by atoms with Crippen LogP contribution in [0.2, 0.25) is 0 Å². The molecule has 0 radical (unpaired) electrons. The lowest BCUT2D eigenvalue weighted by Gasteiger charge is -2.43. The molecule has 1 aliphatic heterocycles. The van der Waals surface area contributed by atoms with Crippen molar-refractivity contribution in [1.29, 1.82) is 0 Å². The molecule has 1 heterocycles. The van der Waals surface area contributed by atoms with Crippen molar-refractivity contribution in [3.63, 3.8) is 0 Å². The third kappa shape index (κ3) is 2.67. The largest absolute Gasteiger partial charge is 0.327 e. The van der Waals surface area contributed by atoms with Gasteiger partial charge in [0.05, 0.1) is 0 Å². The topological polar surface area (TPSA) is 29.3 Å². The predicted molar refractivity (Wildman–Crippen MR) is 69.3 cm³/mol. The Bertz CT molecular complexity index is 249. The number of hydrogen-bond donors (Lipinski definition) is 1. The monoisotopic (exact) mass is 222 g/mol. The van der Waals surface area contributed by atoms with E-state index in [4.69, 9.17) is 5.73 Å². The van der Waals surface area contributed by atoms with E-state index in [9.17, 15) is 0 Å². The Morgan fingerprint density at radius 2 is 2.06 bits per heavy atom. The predicted octanol–water partition coefficient (Wildman–Crippen LogP) is 2.40. The van der Waals surface area contributed by atoms with E-state index in [1.165, 1.54) is 38.8 Å². The van der Waals surface area contributed by atoms with E-state index >= 15 is 0 Å². The van der Waals surface area contributed by atoms with Crippen LogP contribution in [0.4, 0.5) is 0 Å². The molecule has 0 aromatic heterocycles. The van der Waals surface area contributed by atoms with Gasteiger partial charge in [0.25, 0.3) is 0 Å². The second-order valence-corrected chi connectivity index (χ2v) is 5.70. The van der Waals surface area contributed by atoms with E-state index in [1.54, 1.807) is 0 Å². The third-order valence-corrected chi connectivity index (χ3v) is 4.63. The standard InChI is InChI=1S/C14H26N2/c1-11-12(2)16(9-8-14(11)15)10-13-6-4-3-5-7-13/h3-4,11-14H,5-10,15H2,1-2H3. The van der Waals surface area contributed by atoms with Crippen molar-refractivity contribution in [3.8, 4) is 0 Å². The summed E-state index contributed by atoms with van der Waals surface area (Å²) >= 11 is 0. The highest BCUT2D eigenvalue weighted by Crippen LogP contribution is 2.26. The molecule has 0 amide bonds. The lowest BCUT2D eigenvalue weighted by molar-refractivity contribution is 0.0798. The summed E-state index contributed by atoms with van der Waals surface area (Å²) in [6.07, 6.45) is 9.80. The zero-order valence-electron chi connectivity index (χ0n) is 10.7. The van der Waals surface area contributed by atoms with Gasteiger partial charge in [0.2, 0.25) is 0 Å². The first-order valence-corrected chi connectivity index (χ1v) is 6.83. The van der Waals surface area contributed by atoms with Gasteiger partial charge in [-0.05, 0) is 51.0 Å². The average Bonchev–Trinajstić information content (AvgIpc) is 2.31. The number of piperidine rings is 1. The third-order valence-electron chi connectivity index (χ3n) is 4.63. The molecule has 2 heteroatoms. The SMILES string of the molecule is CC1C(N)CCN(CC2CC=CCC2)C1C. The Balaban J connectivity index is 1.87. The van der Waals surface area contributed by atoms with Crippen molar-refractivity contribution in [3.05, 3.63) is 12.2 Å². The van der Waals surface area contributed by atoms with Gasteiger partial charge in [0.1, 0.15) is 0 Å². The van der Waals surface area contributed by atoms with Crippen LogP contribution in [0.15, 0.2) is 12.2 Å². The van der Waals surface area contributed by atoms with E-state index in [0.29, 0.717) is 18.0 Å². The molecule has 2 nitrogen and oxygen atoms in total. The lowest BCUT2D eigenvalue weighted by atomic mass is 9.86. The molecule has 0 bridgehead atoms. The molecular weight excluding hydrogens is 196 g/mol. The highest BCUT2D eigenvalue weighted by atomic mass is 15.2. The maximum atomic E-state index is 6.13. The molecule has 92 valence electrons. The zero-order chi connectivity index (χ0) is 11.5. The Labute approximate surface area is 99.9 Å². The number of rotatable bonds is 2. The van der Waals surface area contributed by atoms with Crippen LogP contribution in [-0.2, 0) is 0 Å². The summed E-state index contributed by atoms with van der Waals surface area (Å²) in [5.41, 5.74) is 6.13. The lowest BCUT2D eigenvalue weighted by Crippen LogP contribution is -2.52. The number of likely N-dealkylation sites (tertiary alicyclic amines) is 1. The van der Waals surface area contributed by atoms with E-state index in [1.807, 2.05) is 0 Å². The first-order valence-electron chi connectivity index (χ1n) is 6.83. The van der Waals surface area contributed by atoms with Gasteiger partial charge in [0.15, 0.2) is 0 Å². The minimum Gasteiger partial charge on any atom is -0.327 e. The van der Waals surface area contributed by atoms with Crippen LogP contribution in [0.1, 0.15) is 39.5 Å². The molecule has 2 aliphatic rings. The fraction of sp³-hybridized carbons (Fsp3) is 0.857. The van der Waals surface area contributed by atoms with Crippen molar-refractivity contribution < 1.29 is 0 Å². The molecule has 0 saturated carbocycles. The smallest absolute Gasteiger partial charge is 0.0107 e. The van der Waals surface area contributed by atoms with E-state index < -0.39 is 0 Å². The van der Waals surface area contributed by atoms with Gasteiger partial charge in [-0.1, -0.05) is 19.1 Å². The number of allylic oxidation sites excluding steroid dienone is 2. The van der Waals surface area contributed by atoms with Gasteiger partial charge in [0, 0.05) is 18.6 Å². The van der Waals surface area contributed by atoms with Crippen molar-refractivity contribution in [1.82, 2.24) is 4.90 Å². The van der Waals surface area contributed by atoms with Gasteiger partial charge in [-0.2, -0.15) is 0 Å². The average molecular weight is 222 g/mol. The molecule has 0 aromatic carbocycles. The van der Waals surface area contributed by atoms with Crippen LogP contribution in [-0.4, -0.2) is 30.1 Å². The number of hydrogen-bond acceptors (Lipinski definition) is 2. The van der Waals surface area contributed by atoms with Crippen molar-refractivity contribution >= 4 is 0 Å². The first-order chi connectivity index (χ1) is 7.68. The fourth-order valence-corrected chi connectivity index (χ4v) is 3.08. The van der Waals surface area contributed by atoms with Gasteiger partial charge in [-0.15, -0.1) is 0 Å². The summed E-state index contributed by atoms with van der Waals surface area (Å²) in [4.78, 5) is 2.66. The van der Waals surface area contributed by atoms with Crippen LogP contribution in [0.25, 0.3) is 0 Å². The summed E-state index contributed by atoms with van der Waals surface area (Å²) in [6, 6.07) is 1.08. The Kier molecular flexibility index (Phi) is 4.04. The summed E-state index contributed by atoms with van der Waals surface area (Å²) in [6.45, 7) is 7.14. The molecule has 16 heavy (non-hydrogen) atoms. The molecule has 2 N–H and O–H groups in total. The minimum atomic E-state index is 0.414. The molecule has 1 fully saturated rings.